The Morgan fingerprint density at radius 2 is 1.77 bits per heavy atom. The van der Waals surface area contributed by atoms with E-state index in [0.29, 0.717) is 35.6 Å². The van der Waals surface area contributed by atoms with E-state index in [1.54, 1.807) is 77.3 Å². The molecule has 0 saturated heterocycles. The minimum Gasteiger partial charge on any atom is -0.490 e. The molecule has 3 aromatic rings. The van der Waals surface area contributed by atoms with Gasteiger partial charge in [0.05, 0.1) is 17.9 Å². The summed E-state index contributed by atoms with van der Waals surface area (Å²) in [4.78, 5) is 58.9. The molecule has 1 atom stereocenters. The molecule has 3 amide bonds. The zero-order valence-electron chi connectivity index (χ0n) is 26.0. The fraction of sp³-hybridized carbons (Fsp3) is 0.382. The molecule has 2 heterocycles. The molecule has 0 saturated carbocycles. The molecule has 1 aliphatic heterocycles. The number of aromatic nitrogens is 1. The third kappa shape index (κ3) is 8.43. The number of carbonyl (C=O) groups is 4. The van der Waals surface area contributed by atoms with Crippen LogP contribution in [0.25, 0.3) is 0 Å². The number of ketones is 1. The molecule has 0 bridgehead atoms. The normalized spacial score (nSPS) is 14.0. The van der Waals surface area contributed by atoms with Gasteiger partial charge in [-0.2, -0.15) is 0 Å². The first kappa shape index (κ1) is 32.2. The second-order valence-corrected chi connectivity index (χ2v) is 11.9. The number of nitrogens with zero attached hydrogens (tertiary/aromatic N) is 3. The Hall–Kier alpha value is -4.73. The number of ether oxygens (including phenoxy) is 2. The highest BCUT2D eigenvalue weighted by Crippen LogP contribution is 2.28. The van der Waals surface area contributed by atoms with Crippen molar-refractivity contribution in [1.29, 1.82) is 0 Å². The highest BCUT2D eigenvalue weighted by Gasteiger charge is 2.33. The van der Waals surface area contributed by atoms with Gasteiger partial charge in [-0.1, -0.05) is 36.4 Å². The first-order chi connectivity index (χ1) is 20.9. The Morgan fingerprint density at radius 3 is 2.50 bits per heavy atom. The van der Waals surface area contributed by atoms with Gasteiger partial charge in [0.25, 0.3) is 5.91 Å². The van der Waals surface area contributed by atoms with Crippen LogP contribution in [0.3, 0.4) is 0 Å². The molecule has 1 unspecified atom stereocenters. The number of hydrogen-bond donors (Lipinski definition) is 1. The Bertz CT molecular complexity index is 1500. The second kappa shape index (κ2) is 14.2. The van der Waals surface area contributed by atoms with Crippen molar-refractivity contribution in [3.05, 3.63) is 83.6 Å². The van der Waals surface area contributed by atoms with Crippen LogP contribution >= 0.6 is 0 Å². The lowest BCUT2D eigenvalue weighted by Crippen LogP contribution is -2.43. The molecule has 0 radical (unpaired) electrons. The van der Waals surface area contributed by atoms with Gasteiger partial charge in [0.2, 0.25) is 5.91 Å². The zero-order chi connectivity index (χ0) is 31.9. The van der Waals surface area contributed by atoms with Gasteiger partial charge < -0.3 is 19.3 Å². The van der Waals surface area contributed by atoms with Crippen molar-refractivity contribution in [2.45, 2.75) is 65.0 Å². The minimum absolute atomic E-state index is 0.0776. The number of fused-ring (bicyclic) bond motifs is 1. The highest BCUT2D eigenvalue weighted by molar-refractivity contribution is 6.10. The quantitative estimate of drug-likeness (QED) is 0.215. The van der Waals surface area contributed by atoms with Gasteiger partial charge in [0.15, 0.2) is 17.4 Å². The third-order valence-electron chi connectivity index (χ3n) is 7.21. The Kier molecular flexibility index (Phi) is 10.4. The SMILES string of the molecule is CC(CC(=O)c1ccccc1)N1CC(=O)N(C)c2ccc(CCCCOc3cccnc3NC(=O)OC(C)(C)C)cc2C1=O. The first-order valence-corrected chi connectivity index (χ1v) is 14.8. The average molecular weight is 601 g/mol. The largest absolute Gasteiger partial charge is 0.490 e. The van der Waals surface area contributed by atoms with Crippen LogP contribution in [0.15, 0.2) is 66.9 Å². The van der Waals surface area contributed by atoms with Crippen LogP contribution in [-0.4, -0.2) is 65.4 Å². The monoisotopic (exact) mass is 600 g/mol. The van der Waals surface area contributed by atoms with Crippen LogP contribution in [0.4, 0.5) is 16.3 Å². The summed E-state index contributed by atoms with van der Waals surface area (Å²) in [6.07, 6.45) is 3.26. The maximum Gasteiger partial charge on any atom is 0.413 e. The number of aryl methyl sites for hydroxylation is 1. The van der Waals surface area contributed by atoms with E-state index in [1.807, 2.05) is 24.3 Å². The fourth-order valence-electron chi connectivity index (χ4n) is 4.91. The van der Waals surface area contributed by atoms with Crippen LogP contribution in [0.5, 0.6) is 5.75 Å². The molecule has 2 aromatic carbocycles. The third-order valence-corrected chi connectivity index (χ3v) is 7.21. The van der Waals surface area contributed by atoms with Gasteiger partial charge in [-0.05, 0) is 76.8 Å². The number of benzene rings is 2. The molecular weight excluding hydrogens is 560 g/mol. The summed E-state index contributed by atoms with van der Waals surface area (Å²) < 4.78 is 11.2. The number of nitrogens with one attached hydrogen (secondary N) is 1. The predicted octanol–water partition coefficient (Wildman–Crippen LogP) is 5.91. The zero-order valence-corrected chi connectivity index (χ0v) is 26.0. The van der Waals surface area contributed by atoms with Gasteiger partial charge in [-0.15, -0.1) is 0 Å². The van der Waals surface area contributed by atoms with Gasteiger partial charge in [0, 0.05) is 31.3 Å². The van der Waals surface area contributed by atoms with Gasteiger partial charge in [-0.25, -0.2) is 9.78 Å². The topological polar surface area (TPSA) is 118 Å². The lowest BCUT2D eigenvalue weighted by molar-refractivity contribution is -0.119. The Labute approximate surface area is 258 Å². The molecule has 0 spiro atoms. The molecule has 10 heteroatoms. The highest BCUT2D eigenvalue weighted by atomic mass is 16.6. The maximum atomic E-state index is 13.7. The predicted molar refractivity (Wildman–Crippen MR) is 168 cm³/mol. The fourth-order valence-corrected chi connectivity index (χ4v) is 4.91. The average Bonchev–Trinajstić information content (AvgIpc) is 3.07. The number of pyridine rings is 1. The smallest absolute Gasteiger partial charge is 0.413 e. The minimum atomic E-state index is -0.636. The summed E-state index contributed by atoms with van der Waals surface area (Å²) in [5, 5.41) is 2.63. The number of Topliss-reactive ketones (excluding diaryl/α,β-unsaturated/α-hetero) is 1. The standard InChI is InChI=1S/C34H40N4O6/c1-23(20-28(39)25-13-7-6-8-14-25)38-22-30(40)37(5)27-17-16-24(21-26(27)32(38)41)12-9-10-19-43-29-15-11-18-35-31(29)36-33(42)44-34(2,3)4/h6-8,11,13-18,21,23H,9-10,12,19-20,22H2,1-5H3,(H,35,36,42). The van der Waals surface area contributed by atoms with E-state index in [-0.39, 0.29) is 36.4 Å². The molecule has 4 rings (SSSR count). The van der Waals surface area contributed by atoms with Crippen molar-refractivity contribution in [3.63, 3.8) is 0 Å². The lowest BCUT2D eigenvalue weighted by Gasteiger charge is -2.27. The number of unbranched alkanes of at least 4 members (excludes halogenated alkanes) is 1. The van der Waals surface area contributed by atoms with Crippen molar-refractivity contribution in [2.24, 2.45) is 0 Å². The van der Waals surface area contributed by atoms with E-state index in [0.717, 1.165) is 18.4 Å². The molecule has 44 heavy (non-hydrogen) atoms. The molecule has 10 nitrogen and oxygen atoms in total. The van der Waals surface area contributed by atoms with Gasteiger partial charge in [-0.3, -0.25) is 19.7 Å². The molecule has 0 fully saturated rings. The summed E-state index contributed by atoms with van der Waals surface area (Å²) in [7, 11) is 1.67. The number of amides is 3. The van der Waals surface area contributed by atoms with E-state index >= 15 is 0 Å². The van der Waals surface area contributed by atoms with Crippen molar-refractivity contribution >= 4 is 35.2 Å². The van der Waals surface area contributed by atoms with Crippen molar-refractivity contribution in [2.75, 3.05) is 30.4 Å². The van der Waals surface area contributed by atoms with Crippen LogP contribution in [0.1, 0.15) is 73.2 Å². The van der Waals surface area contributed by atoms with E-state index in [4.69, 9.17) is 9.47 Å². The molecular formula is C34H40N4O6. The van der Waals surface area contributed by atoms with Crippen molar-refractivity contribution in [1.82, 2.24) is 9.88 Å². The second-order valence-electron chi connectivity index (χ2n) is 11.9. The molecule has 1 aromatic heterocycles. The van der Waals surface area contributed by atoms with Crippen LogP contribution in [0.2, 0.25) is 0 Å². The summed E-state index contributed by atoms with van der Waals surface area (Å²) in [6, 6.07) is 17.5. The molecule has 232 valence electrons. The van der Waals surface area contributed by atoms with Crippen LogP contribution < -0.4 is 15.0 Å². The van der Waals surface area contributed by atoms with Gasteiger partial charge in [0.1, 0.15) is 12.1 Å². The Balaban J connectivity index is 1.36. The van der Waals surface area contributed by atoms with Crippen molar-refractivity contribution in [3.8, 4) is 5.75 Å². The summed E-state index contributed by atoms with van der Waals surface area (Å²) >= 11 is 0. The van der Waals surface area contributed by atoms with E-state index in [1.165, 1.54) is 9.80 Å². The molecule has 0 aliphatic carbocycles. The first-order valence-electron chi connectivity index (χ1n) is 14.8. The number of likely N-dealkylation sites (N-methyl/N-ethyl adjacent to an activating group) is 1. The number of rotatable bonds is 11. The van der Waals surface area contributed by atoms with Crippen LogP contribution in [0, 0.1) is 0 Å². The van der Waals surface area contributed by atoms with E-state index < -0.39 is 17.7 Å². The van der Waals surface area contributed by atoms with Crippen LogP contribution in [-0.2, 0) is 16.0 Å². The number of hydrogen-bond acceptors (Lipinski definition) is 7. The molecule has 1 aliphatic rings. The Morgan fingerprint density at radius 1 is 1.02 bits per heavy atom. The summed E-state index contributed by atoms with van der Waals surface area (Å²) in [5.74, 6) is 0.177. The summed E-state index contributed by atoms with van der Waals surface area (Å²) in [6.45, 7) is 7.46. The van der Waals surface area contributed by atoms with Crippen molar-refractivity contribution < 1.29 is 28.7 Å². The number of carbonyl (C=O) groups excluding carboxylic acids is 4. The lowest BCUT2D eigenvalue weighted by atomic mass is 10.0. The summed E-state index contributed by atoms with van der Waals surface area (Å²) in [5.41, 5.74) is 1.90. The van der Waals surface area contributed by atoms with E-state index in [9.17, 15) is 19.2 Å². The van der Waals surface area contributed by atoms with Gasteiger partial charge >= 0.3 is 6.09 Å². The van der Waals surface area contributed by atoms with E-state index in [2.05, 4.69) is 10.3 Å². The maximum absolute atomic E-state index is 13.7. The molecule has 1 N–H and O–H groups in total. The number of anilines is 2.